The Morgan fingerprint density at radius 2 is 1.89 bits per heavy atom. The van der Waals surface area contributed by atoms with Gasteiger partial charge in [0.15, 0.2) is 0 Å². The molecule has 1 atom stereocenters. The zero-order chi connectivity index (χ0) is 25.4. The molecule has 1 aliphatic carbocycles. The zero-order valence-electron chi connectivity index (χ0n) is 19.5. The SMILES string of the molecule is CC1=NN(c2ccc(C(=O)O)cc2)C(=O)C1Cc1ccc(-c2ccc(Cl)c(C(=O)NCC3CC3)c2)o1. The summed E-state index contributed by atoms with van der Waals surface area (Å²) >= 11 is 6.27. The topological polar surface area (TPSA) is 112 Å². The number of carbonyl (C=O) groups excluding carboxylic acids is 2. The largest absolute Gasteiger partial charge is 0.478 e. The Kier molecular flexibility index (Phi) is 6.36. The first kappa shape index (κ1) is 23.8. The molecule has 0 spiro atoms. The Bertz CT molecular complexity index is 1370. The van der Waals surface area contributed by atoms with Gasteiger partial charge in [-0.25, -0.2) is 9.80 Å². The van der Waals surface area contributed by atoms with Gasteiger partial charge >= 0.3 is 5.97 Å². The van der Waals surface area contributed by atoms with E-state index in [1.165, 1.54) is 17.1 Å². The highest BCUT2D eigenvalue weighted by molar-refractivity contribution is 6.34. The van der Waals surface area contributed by atoms with E-state index in [0.29, 0.717) is 58.0 Å². The number of aromatic carboxylic acids is 1. The zero-order valence-corrected chi connectivity index (χ0v) is 20.3. The fourth-order valence-electron chi connectivity index (χ4n) is 4.12. The summed E-state index contributed by atoms with van der Waals surface area (Å²) in [6.45, 7) is 2.44. The molecule has 5 rings (SSSR count). The van der Waals surface area contributed by atoms with E-state index in [0.717, 1.165) is 12.8 Å². The average molecular weight is 506 g/mol. The molecule has 184 valence electrons. The maximum absolute atomic E-state index is 13.1. The van der Waals surface area contributed by atoms with Crippen LogP contribution < -0.4 is 10.3 Å². The van der Waals surface area contributed by atoms with Crippen LogP contribution in [0.1, 0.15) is 46.2 Å². The number of amides is 2. The van der Waals surface area contributed by atoms with Crippen LogP contribution in [0.4, 0.5) is 5.69 Å². The van der Waals surface area contributed by atoms with Gasteiger partial charge in [-0.05, 0) is 80.3 Å². The number of carbonyl (C=O) groups is 3. The molecule has 2 aliphatic rings. The summed E-state index contributed by atoms with van der Waals surface area (Å²) in [6, 6.07) is 14.8. The number of carboxylic acids is 1. The second kappa shape index (κ2) is 9.62. The van der Waals surface area contributed by atoms with Gasteiger partial charge in [0.05, 0.1) is 27.8 Å². The number of nitrogens with zero attached hydrogens (tertiary/aromatic N) is 2. The minimum Gasteiger partial charge on any atom is -0.478 e. The van der Waals surface area contributed by atoms with Crippen LogP contribution >= 0.6 is 11.6 Å². The fraction of sp³-hybridized carbons (Fsp3) is 0.259. The van der Waals surface area contributed by atoms with Crippen LogP contribution in [-0.2, 0) is 11.2 Å². The lowest BCUT2D eigenvalue weighted by atomic mass is 9.99. The molecule has 2 amide bonds. The van der Waals surface area contributed by atoms with E-state index in [2.05, 4.69) is 10.4 Å². The molecule has 1 fully saturated rings. The van der Waals surface area contributed by atoms with Crippen LogP contribution in [0, 0.1) is 11.8 Å². The molecule has 1 saturated carbocycles. The number of hydrogen-bond donors (Lipinski definition) is 2. The first-order chi connectivity index (χ1) is 17.3. The second-order valence-corrected chi connectivity index (χ2v) is 9.52. The van der Waals surface area contributed by atoms with E-state index in [-0.39, 0.29) is 17.4 Å². The summed E-state index contributed by atoms with van der Waals surface area (Å²) in [7, 11) is 0. The van der Waals surface area contributed by atoms with Crippen molar-refractivity contribution in [3.63, 3.8) is 0 Å². The third-order valence-corrected chi connectivity index (χ3v) is 6.77. The molecule has 3 aromatic rings. The molecule has 1 aromatic heterocycles. The number of rotatable bonds is 8. The van der Waals surface area contributed by atoms with E-state index in [4.69, 9.17) is 21.1 Å². The predicted octanol–water partition coefficient (Wildman–Crippen LogP) is 5.02. The number of benzene rings is 2. The number of furan rings is 1. The first-order valence-electron chi connectivity index (χ1n) is 11.7. The lowest BCUT2D eigenvalue weighted by molar-refractivity contribution is -0.119. The van der Waals surface area contributed by atoms with Gasteiger partial charge < -0.3 is 14.8 Å². The van der Waals surface area contributed by atoms with Crippen LogP contribution in [0.3, 0.4) is 0 Å². The molecule has 0 bridgehead atoms. The summed E-state index contributed by atoms with van der Waals surface area (Å²) in [5, 5.41) is 18.1. The number of hydrogen-bond acceptors (Lipinski definition) is 5. The van der Waals surface area contributed by atoms with Crippen molar-refractivity contribution in [2.24, 2.45) is 16.9 Å². The number of carboxylic acid groups (broad SMARTS) is 1. The monoisotopic (exact) mass is 505 g/mol. The Labute approximate surface area is 212 Å². The molecule has 8 nitrogen and oxygen atoms in total. The van der Waals surface area contributed by atoms with Crippen molar-refractivity contribution in [3.8, 4) is 11.3 Å². The Balaban J connectivity index is 1.29. The molecule has 2 N–H and O–H groups in total. The second-order valence-electron chi connectivity index (χ2n) is 9.11. The third-order valence-electron chi connectivity index (χ3n) is 6.44. The minimum absolute atomic E-state index is 0.136. The molecule has 36 heavy (non-hydrogen) atoms. The molecule has 9 heteroatoms. The molecular formula is C27H24ClN3O5. The fourth-order valence-corrected chi connectivity index (χ4v) is 4.32. The van der Waals surface area contributed by atoms with Gasteiger partial charge in [0.2, 0.25) is 0 Å². The molecular weight excluding hydrogens is 482 g/mol. The maximum atomic E-state index is 13.1. The first-order valence-corrected chi connectivity index (χ1v) is 12.1. The summed E-state index contributed by atoms with van der Waals surface area (Å²) in [6.07, 6.45) is 2.61. The highest BCUT2D eigenvalue weighted by Gasteiger charge is 2.35. The van der Waals surface area contributed by atoms with E-state index in [1.807, 2.05) is 6.07 Å². The van der Waals surface area contributed by atoms with Crippen molar-refractivity contribution >= 4 is 40.8 Å². The minimum atomic E-state index is -1.04. The number of halogens is 1. The Morgan fingerprint density at radius 1 is 1.14 bits per heavy atom. The Morgan fingerprint density at radius 3 is 2.58 bits per heavy atom. The summed E-state index contributed by atoms with van der Waals surface area (Å²) < 4.78 is 6.03. The smallest absolute Gasteiger partial charge is 0.335 e. The van der Waals surface area contributed by atoms with Crippen molar-refractivity contribution in [3.05, 3.63) is 76.5 Å². The van der Waals surface area contributed by atoms with Crippen LogP contribution in [0.25, 0.3) is 11.3 Å². The third kappa shape index (κ3) is 4.90. The van der Waals surface area contributed by atoms with E-state index in [1.54, 1.807) is 43.3 Å². The quantitative estimate of drug-likeness (QED) is 0.446. The standard InChI is InChI=1S/C27H24ClN3O5/c1-15-21(26(33)31(30-15)19-7-4-17(5-8-19)27(34)35)13-20-9-11-24(36-20)18-6-10-23(28)22(12-18)25(32)29-14-16-2-3-16/h4-12,16,21H,2-3,13-14H2,1H3,(H,29,32)(H,34,35). The summed E-state index contributed by atoms with van der Waals surface area (Å²) in [5.41, 5.74) is 2.38. The van der Waals surface area contributed by atoms with Crippen molar-refractivity contribution in [1.29, 1.82) is 0 Å². The van der Waals surface area contributed by atoms with Gasteiger partial charge in [-0.1, -0.05) is 11.6 Å². The van der Waals surface area contributed by atoms with E-state index in [9.17, 15) is 14.4 Å². The van der Waals surface area contributed by atoms with Crippen molar-refractivity contribution in [2.75, 3.05) is 11.6 Å². The summed E-state index contributed by atoms with van der Waals surface area (Å²) in [5.74, 6) is -0.220. The van der Waals surface area contributed by atoms with Crippen LogP contribution in [0.5, 0.6) is 0 Å². The van der Waals surface area contributed by atoms with Crippen LogP contribution in [0.15, 0.2) is 64.1 Å². The van der Waals surface area contributed by atoms with Crippen LogP contribution in [0.2, 0.25) is 5.02 Å². The molecule has 2 aromatic carbocycles. The highest BCUT2D eigenvalue weighted by atomic mass is 35.5. The predicted molar refractivity (Wildman–Crippen MR) is 135 cm³/mol. The molecule has 0 saturated heterocycles. The lowest BCUT2D eigenvalue weighted by Gasteiger charge is -2.14. The molecule has 2 heterocycles. The normalized spacial score (nSPS) is 17.3. The van der Waals surface area contributed by atoms with Gasteiger partial charge in [-0.3, -0.25) is 9.59 Å². The molecule has 1 unspecified atom stereocenters. The van der Waals surface area contributed by atoms with Gasteiger partial charge in [0.1, 0.15) is 11.5 Å². The Hall–Kier alpha value is -3.91. The lowest BCUT2D eigenvalue weighted by Crippen LogP contribution is -2.28. The number of anilines is 1. The van der Waals surface area contributed by atoms with Gasteiger partial charge in [-0.15, -0.1) is 0 Å². The van der Waals surface area contributed by atoms with Crippen LogP contribution in [-0.4, -0.2) is 35.1 Å². The maximum Gasteiger partial charge on any atom is 0.335 e. The average Bonchev–Trinajstić information content (AvgIpc) is 3.52. The van der Waals surface area contributed by atoms with Crippen molar-refractivity contribution in [2.45, 2.75) is 26.2 Å². The van der Waals surface area contributed by atoms with Crippen molar-refractivity contribution < 1.29 is 23.9 Å². The molecule has 1 aliphatic heterocycles. The van der Waals surface area contributed by atoms with E-state index >= 15 is 0 Å². The molecule has 0 radical (unpaired) electrons. The van der Waals surface area contributed by atoms with Crippen molar-refractivity contribution in [1.82, 2.24) is 5.32 Å². The van der Waals surface area contributed by atoms with E-state index < -0.39 is 11.9 Å². The number of hydrazone groups is 1. The van der Waals surface area contributed by atoms with Gasteiger partial charge in [0.25, 0.3) is 11.8 Å². The van der Waals surface area contributed by atoms with Gasteiger partial charge in [0, 0.05) is 24.2 Å². The highest BCUT2D eigenvalue weighted by Crippen LogP contribution is 2.31. The summed E-state index contributed by atoms with van der Waals surface area (Å²) in [4.78, 5) is 36.7. The van der Waals surface area contributed by atoms with Gasteiger partial charge in [-0.2, -0.15) is 5.10 Å². The number of nitrogens with one attached hydrogen (secondary N) is 1.